The molecule has 1 aliphatic carbocycles. The highest BCUT2D eigenvalue weighted by molar-refractivity contribution is 8.22. The lowest BCUT2D eigenvalue weighted by Crippen LogP contribution is -2.39. The van der Waals surface area contributed by atoms with E-state index < -0.39 is 8.07 Å². The van der Waals surface area contributed by atoms with Crippen LogP contribution in [0.4, 0.5) is 5.69 Å². The lowest BCUT2D eigenvalue weighted by atomic mass is 9.68. The minimum Gasteiger partial charge on any atom is -0.468 e. The van der Waals surface area contributed by atoms with Crippen molar-refractivity contribution in [2.24, 2.45) is 11.3 Å². The molecule has 220 valence electrons. The molecule has 1 spiro atoms. The van der Waals surface area contributed by atoms with Gasteiger partial charge in [0.25, 0.3) is 0 Å². The maximum absolute atomic E-state index is 13.8. The molecule has 4 rings (SSSR count). The Morgan fingerprint density at radius 3 is 2.42 bits per heavy atom. The molecular weight excluding hydrogens is 555 g/mol. The first-order chi connectivity index (χ1) is 18.8. The smallest absolute Gasteiger partial charge is 0.233 e. The lowest BCUT2D eigenvalue weighted by molar-refractivity contribution is -0.128. The molecule has 1 atom stereocenters. The van der Waals surface area contributed by atoms with Crippen molar-refractivity contribution in [2.45, 2.75) is 96.8 Å². The minimum atomic E-state index is -1.16. The van der Waals surface area contributed by atoms with Crippen LogP contribution in [0.3, 0.4) is 0 Å². The third-order valence-electron chi connectivity index (χ3n) is 8.61. The number of amides is 1. The summed E-state index contributed by atoms with van der Waals surface area (Å²) in [4.78, 5) is 15.8. The molecule has 2 heterocycles. The van der Waals surface area contributed by atoms with Crippen molar-refractivity contribution in [1.82, 2.24) is 9.78 Å². The molecule has 2 fully saturated rings. The Hall–Kier alpha value is -1.68. The fourth-order valence-electron chi connectivity index (χ4n) is 5.94. The zero-order chi connectivity index (χ0) is 29.1. The van der Waals surface area contributed by atoms with E-state index >= 15 is 0 Å². The summed E-state index contributed by atoms with van der Waals surface area (Å²) in [5, 5.41) is 4.56. The van der Waals surface area contributed by atoms with Crippen molar-refractivity contribution in [1.29, 1.82) is 0 Å². The summed E-state index contributed by atoms with van der Waals surface area (Å²) >= 11 is 6.97. The van der Waals surface area contributed by atoms with Crippen molar-refractivity contribution in [2.75, 3.05) is 24.3 Å². The molecule has 2 aliphatic rings. The largest absolute Gasteiger partial charge is 0.468 e. The van der Waals surface area contributed by atoms with Crippen LogP contribution < -0.4 is 4.90 Å². The van der Waals surface area contributed by atoms with Gasteiger partial charge in [-0.2, -0.15) is 5.10 Å². The van der Waals surface area contributed by atoms with Crippen LogP contribution in [0.5, 0.6) is 0 Å². The fraction of sp³-hybridized carbons (Fsp3) is 0.645. The highest BCUT2D eigenvalue weighted by atomic mass is 32.2. The third-order valence-corrected chi connectivity index (χ3v) is 11.3. The van der Waals surface area contributed by atoms with Crippen molar-refractivity contribution in [3.05, 3.63) is 47.8 Å². The number of anilines is 1. The topological polar surface area (TPSA) is 56.6 Å². The number of carbonyl (C=O) groups excluding carboxylic acids is 1. The SMILES string of the molecule is CSC(=S)OC(c1ccnn1COCC[Si](C)(C)C)C1CCC2(CC1)CCN(c1ccc(C(C)(C)C)cc1)C2=O. The number of nitrogens with zero attached hydrogens (tertiary/aromatic N) is 3. The highest BCUT2D eigenvalue weighted by Gasteiger charge is 2.50. The van der Waals surface area contributed by atoms with Crippen molar-refractivity contribution < 1.29 is 14.3 Å². The standard InChI is InChI=1S/C31H47N3O3S2Si/c1-30(2,3)24-8-10-25(11-9-24)33-19-17-31(28(33)35)15-12-23(13-16-31)27(37-29(38)39-4)26-14-18-32-34(26)22-36-20-21-40(5,6)7/h8-11,14,18,23,27H,12-13,15-17,19-22H2,1-7H3. The zero-order valence-corrected chi connectivity index (χ0v) is 28.0. The molecule has 0 bridgehead atoms. The van der Waals surface area contributed by atoms with Gasteiger partial charge in [0.15, 0.2) is 0 Å². The molecule has 40 heavy (non-hydrogen) atoms. The quantitative estimate of drug-likeness (QED) is 0.166. The first kappa shape index (κ1) is 31.3. The maximum atomic E-state index is 13.8. The van der Waals surface area contributed by atoms with Gasteiger partial charge in [0.1, 0.15) is 12.8 Å². The van der Waals surface area contributed by atoms with E-state index in [1.807, 2.05) is 28.1 Å². The van der Waals surface area contributed by atoms with E-state index in [4.69, 9.17) is 21.7 Å². The summed E-state index contributed by atoms with van der Waals surface area (Å²) in [6.07, 6.45) is 8.09. The molecule has 1 amide bonds. The molecule has 0 N–H and O–H groups in total. The van der Waals surface area contributed by atoms with E-state index in [-0.39, 0.29) is 28.8 Å². The third kappa shape index (κ3) is 7.39. The Labute approximate surface area is 251 Å². The molecular formula is C31H47N3O3S2Si. The Kier molecular flexibility index (Phi) is 9.90. The Morgan fingerprint density at radius 1 is 1.15 bits per heavy atom. The first-order valence-corrected chi connectivity index (χ1v) is 19.9. The summed E-state index contributed by atoms with van der Waals surface area (Å²) in [7, 11) is -1.16. The minimum absolute atomic E-state index is 0.0971. The maximum Gasteiger partial charge on any atom is 0.233 e. The highest BCUT2D eigenvalue weighted by Crippen LogP contribution is 2.50. The molecule has 1 saturated heterocycles. The number of carbonyl (C=O) groups is 1. The number of thioether (sulfide) groups is 1. The van der Waals surface area contributed by atoms with Crippen LogP contribution in [0.25, 0.3) is 0 Å². The molecule has 1 unspecified atom stereocenters. The van der Waals surface area contributed by atoms with Gasteiger partial charge in [0, 0.05) is 39.0 Å². The average Bonchev–Trinajstić information content (AvgIpc) is 3.49. The van der Waals surface area contributed by atoms with E-state index in [2.05, 4.69) is 69.8 Å². The van der Waals surface area contributed by atoms with E-state index in [0.717, 1.165) is 62.7 Å². The lowest BCUT2D eigenvalue weighted by Gasteiger charge is -2.38. The zero-order valence-electron chi connectivity index (χ0n) is 25.4. The van der Waals surface area contributed by atoms with Crippen LogP contribution in [-0.4, -0.2) is 47.6 Å². The molecule has 2 aromatic rings. The molecule has 6 nitrogen and oxygen atoms in total. The molecule has 1 saturated carbocycles. The monoisotopic (exact) mass is 601 g/mol. The normalized spacial score (nSPS) is 22.6. The van der Waals surface area contributed by atoms with Crippen LogP contribution in [0.15, 0.2) is 36.5 Å². The van der Waals surface area contributed by atoms with Gasteiger partial charge in [-0.05, 0) is 85.8 Å². The van der Waals surface area contributed by atoms with Crippen LogP contribution in [0.1, 0.15) is 70.2 Å². The summed E-state index contributed by atoms with van der Waals surface area (Å²) in [6.45, 7) is 15.7. The summed E-state index contributed by atoms with van der Waals surface area (Å²) in [5.41, 5.74) is 3.13. The Morgan fingerprint density at radius 2 is 1.82 bits per heavy atom. The van der Waals surface area contributed by atoms with E-state index in [1.165, 1.54) is 17.3 Å². The van der Waals surface area contributed by atoms with Gasteiger partial charge in [-0.25, -0.2) is 4.68 Å². The Balaban J connectivity index is 1.43. The molecule has 0 radical (unpaired) electrons. The van der Waals surface area contributed by atoms with E-state index in [1.54, 1.807) is 0 Å². The second-order valence-corrected chi connectivity index (χ2v) is 20.7. The second kappa shape index (κ2) is 12.7. The van der Waals surface area contributed by atoms with Gasteiger partial charge >= 0.3 is 0 Å². The number of rotatable bonds is 9. The molecule has 1 aromatic heterocycles. The number of hydrogen-bond acceptors (Lipinski definition) is 6. The Bertz CT molecular complexity index is 1160. The fourth-order valence-corrected chi connectivity index (χ4v) is 7.00. The number of hydrogen-bond donors (Lipinski definition) is 0. The van der Waals surface area contributed by atoms with Crippen molar-refractivity contribution >= 4 is 48.0 Å². The van der Waals surface area contributed by atoms with Gasteiger partial charge in [0.2, 0.25) is 10.3 Å². The van der Waals surface area contributed by atoms with Crippen LogP contribution >= 0.6 is 24.0 Å². The van der Waals surface area contributed by atoms with Crippen LogP contribution in [0.2, 0.25) is 25.7 Å². The molecule has 9 heteroatoms. The number of benzene rings is 1. The predicted octanol–water partition coefficient (Wildman–Crippen LogP) is 7.81. The predicted molar refractivity (Wildman–Crippen MR) is 173 cm³/mol. The number of aromatic nitrogens is 2. The summed E-state index contributed by atoms with van der Waals surface area (Å²) in [6, 6.07) is 11.7. The number of thiocarbonyl (C=S) groups is 1. The van der Waals surface area contributed by atoms with Crippen molar-refractivity contribution in [3.63, 3.8) is 0 Å². The summed E-state index contributed by atoms with van der Waals surface area (Å²) in [5.74, 6) is 0.550. The summed E-state index contributed by atoms with van der Waals surface area (Å²) < 4.78 is 14.9. The van der Waals surface area contributed by atoms with Gasteiger partial charge in [0.05, 0.1) is 11.1 Å². The number of ether oxygens (including phenoxy) is 2. The van der Waals surface area contributed by atoms with E-state index in [0.29, 0.717) is 11.1 Å². The molecule has 1 aromatic carbocycles. The first-order valence-electron chi connectivity index (χ1n) is 14.6. The van der Waals surface area contributed by atoms with Crippen molar-refractivity contribution in [3.8, 4) is 0 Å². The van der Waals surface area contributed by atoms with Crippen LogP contribution in [-0.2, 0) is 26.4 Å². The van der Waals surface area contributed by atoms with Gasteiger partial charge in [-0.15, -0.1) is 0 Å². The van der Waals surface area contributed by atoms with Crippen LogP contribution in [0, 0.1) is 11.3 Å². The van der Waals surface area contributed by atoms with Gasteiger partial charge < -0.3 is 14.4 Å². The van der Waals surface area contributed by atoms with Gasteiger partial charge in [-0.3, -0.25) is 4.79 Å². The molecule has 1 aliphatic heterocycles. The second-order valence-electron chi connectivity index (χ2n) is 13.7. The van der Waals surface area contributed by atoms with Gasteiger partial charge in [-0.1, -0.05) is 64.3 Å². The average molecular weight is 602 g/mol. The van der Waals surface area contributed by atoms with E-state index in [9.17, 15) is 4.79 Å².